The quantitative estimate of drug-likeness (QED) is 0.879. The van der Waals surface area contributed by atoms with Gasteiger partial charge >= 0.3 is 5.97 Å². The fourth-order valence-corrected chi connectivity index (χ4v) is 4.16. The van der Waals surface area contributed by atoms with Crippen LogP contribution in [0.1, 0.15) is 22.6 Å². The molecule has 2 heterocycles. The van der Waals surface area contributed by atoms with E-state index in [2.05, 4.69) is 0 Å². The van der Waals surface area contributed by atoms with Gasteiger partial charge in [0.25, 0.3) is 0 Å². The summed E-state index contributed by atoms with van der Waals surface area (Å²) < 4.78 is 0. The first-order valence-electron chi connectivity index (χ1n) is 7.21. The van der Waals surface area contributed by atoms with Gasteiger partial charge in [-0.3, -0.25) is 9.59 Å². The van der Waals surface area contributed by atoms with Crippen molar-refractivity contribution in [1.82, 2.24) is 4.90 Å². The van der Waals surface area contributed by atoms with Gasteiger partial charge in [0, 0.05) is 9.75 Å². The highest BCUT2D eigenvalue weighted by Gasteiger charge is 2.43. The van der Waals surface area contributed by atoms with Crippen LogP contribution in [0.4, 0.5) is 0 Å². The van der Waals surface area contributed by atoms with Gasteiger partial charge in [0.2, 0.25) is 5.91 Å². The van der Waals surface area contributed by atoms with Crippen LogP contribution in [0.25, 0.3) is 0 Å². The molecule has 3 rings (SSSR count). The highest BCUT2D eigenvalue weighted by Crippen LogP contribution is 2.36. The second-order valence-electron chi connectivity index (χ2n) is 5.48. The first kappa shape index (κ1) is 15.2. The topological polar surface area (TPSA) is 57.6 Å². The average Bonchev–Trinajstić information content (AvgIpc) is 3.09. The molecule has 1 aliphatic rings. The van der Waals surface area contributed by atoms with Crippen molar-refractivity contribution < 1.29 is 14.7 Å². The normalized spacial score (nSPS) is 20.4. The highest BCUT2D eigenvalue weighted by molar-refractivity contribution is 7.10. The Morgan fingerprint density at radius 3 is 1.95 bits per heavy atom. The molecule has 6 heteroatoms. The summed E-state index contributed by atoms with van der Waals surface area (Å²) in [7, 11) is 0. The fraction of sp³-hybridized carbons (Fsp3) is 0.375. The molecule has 116 valence electrons. The van der Waals surface area contributed by atoms with Crippen LogP contribution in [-0.2, 0) is 22.7 Å². The molecule has 0 saturated heterocycles. The minimum Gasteiger partial charge on any atom is -0.481 e. The molecule has 0 aromatic carbocycles. The standard InChI is InChI=1S/C16H17NO3S2/c18-15(13-5-6-14(13)16(19)20)17(9-11-3-1-7-21-11)10-12-4-2-8-22-12/h1-4,7-8,13-14H,5-6,9-10H2,(H,19,20). The number of carboxylic acid groups (broad SMARTS) is 1. The van der Waals surface area contributed by atoms with E-state index in [0.717, 1.165) is 9.75 Å². The van der Waals surface area contributed by atoms with Crippen molar-refractivity contribution in [3.63, 3.8) is 0 Å². The molecule has 0 spiro atoms. The lowest BCUT2D eigenvalue weighted by Gasteiger charge is -2.36. The van der Waals surface area contributed by atoms with E-state index in [1.165, 1.54) is 0 Å². The molecule has 1 aliphatic carbocycles. The Bertz CT molecular complexity index is 600. The minimum absolute atomic E-state index is 0.0274. The van der Waals surface area contributed by atoms with Crippen LogP contribution in [-0.4, -0.2) is 21.9 Å². The second-order valence-corrected chi connectivity index (χ2v) is 7.55. The summed E-state index contributed by atoms with van der Waals surface area (Å²) >= 11 is 3.24. The number of rotatable bonds is 6. The van der Waals surface area contributed by atoms with Crippen LogP contribution in [0.15, 0.2) is 35.0 Å². The Hall–Kier alpha value is -1.66. The van der Waals surface area contributed by atoms with Gasteiger partial charge in [0.1, 0.15) is 0 Å². The summed E-state index contributed by atoms with van der Waals surface area (Å²) in [5, 5.41) is 13.2. The molecule has 0 radical (unpaired) electrons. The summed E-state index contributed by atoms with van der Waals surface area (Å²) in [6, 6.07) is 7.96. The third kappa shape index (κ3) is 3.23. The van der Waals surface area contributed by atoms with Crippen molar-refractivity contribution in [2.24, 2.45) is 11.8 Å². The third-order valence-electron chi connectivity index (χ3n) is 4.07. The van der Waals surface area contributed by atoms with E-state index in [-0.39, 0.29) is 11.8 Å². The number of hydrogen-bond donors (Lipinski definition) is 1. The molecule has 0 bridgehead atoms. The third-order valence-corrected chi connectivity index (χ3v) is 5.80. The first-order valence-corrected chi connectivity index (χ1v) is 8.97. The number of amides is 1. The molecular weight excluding hydrogens is 318 g/mol. The lowest BCUT2D eigenvalue weighted by atomic mass is 9.73. The maximum absolute atomic E-state index is 12.8. The number of carbonyl (C=O) groups excluding carboxylic acids is 1. The zero-order valence-corrected chi connectivity index (χ0v) is 13.6. The van der Waals surface area contributed by atoms with E-state index in [1.807, 2.05) is 35.0 Å². The highest BCUT2D eigenvalue weighted by atomic mass is 32.1. The molecule has 0 aliphatic heterocycles. The van der Waals surface area contributed by atoms with Gasteiger partial charge in [-0.15, -0.1) is 22.7 Å². The van der Waals surface area contributed by atoms with Crippen molar-refractivity contribution in [1.29, 1.82) is 0 Å². The predicted molar refractivity (Wildman–Crippen MR) is 86.7 cm³/mol. The molecule has 2 aromatic rings. The molecule has 4 nitrogen and oxygen atoms in total. The molecule has 2 unspecified atom stereocenters. The SMILES string of the molecule is O=C(O)C1CCC1C(=O)N(Cc1cccs1)Cc1cccs1. The summed E-state index contributed by atoms with van der Waals surface area (Å²) in [5.41, 5.74) is 0. The minimum atomic E-state index is -0.850. The summed E-state index contributed by atoms with van der Waals surface area (Å²) in [6.45, 7) is 1.11. The van der Waals surface area contributed by atoms with E-state index >= 15 is 0 Å². The maximum Gasteiger partial charge on any atom is 0.307 e. The number of aliphatic carboxylic acids is 1. The van der Waals surface area contributed by atoms with Gasteiger partial charge in [-0.2, -0.15) is 0 Å². The van der Waals surface area contributed by atoms with Crippen LogP contribution in [0.3, 0.4) is 0 Å². The molecule has 1 saturated carbocycles. The molecule has 1 fully saturated rings. The Balaban J connectivity index is 1.75. The number of nitrogens with zero attached hydrogens (tertiary/aromatic N) is 1. The summed E-state index contributed by atoms with van der Waals surface area (Å²) in [4.78, 5) is 28.0. The zero-order chi connectivity index (χ0) is 15.5. The monoisotopic (exact) mass is 335 g/mol. The molecule has 2 aromatic heterocycles. The van der Waals surface area contributed by atoms with Crippen molar-refractivity contribution in [3.05, 3.63) is 44.8 Å². The van der Waals surface area contributed by atoms with Crippen molar-refractivity contribution in [2.75, 3.05) is 0 Å². The maximum atomic E-state index is 12.8. The summed E-state index contributed by atoms with van der Waals surface area (Å²) in [5.74, 6) is -1.75. The van der Waals surface area contributed by atoms with Crippen LogP contribution < -0.4 is 0 Å². The largest absolute Gasteiger partial charge is 0.481 e. The summed E-state index contributed by atoms with van der Waals surface area (Å²) in [6.07, 6.45) is 1.29. The first-order chi connectivity index (χ1) is 10.6. The van der Waals surface area contributed by atoms with Gasteiger partial charge in [-0.05, 0) is 35.7 Å². The second kappa shape index (κ2) is 6.62. The number of thiophene rings is 2. The van der Waals surface area contributed by atoms with Gasteiger partial charge in [0.15, 0.2) is 0 Å². The Morgan fingerprint density at radius 1 is 1.05 bits per heavy atom. The van der Waals surface area contributed by atoms with E-state index < -0.39 is 11.9 Å². The van der Waals surface area contributed by atoms with Crippen LogP contribution in [0.2, 0.25) is 0 Å². The lowest BCUT2D eigenvalue weighted by molar-refractivity contribution is -0.157. The Labute approximate surface area is 137 Å². The van der Waals surface area contributed by atoms with E-state index in [0.29, 0.717) is 25.9 Å². The van der Waals surface area contributed by atoms with Crippen LogP contribution >= 0.6 is 22.7 Å². The van der Waals surface area contributed by atoms with Crippen LogP contribution in [0, 0.1) is 11.8 Å². The molecule has 2 atom stereocenters. The van der Waals surface area contributed by atoms with Crippen molar-refractivity contribution >= 4 is 34.6 Å². The fourth-order valence-electron chi connectivity index (χ4n) is 2.72. The van der Waals surface area contributed by atoms with E-state index in [4.69, 9.17) is 0 Å². The van der Waals surface area contributed by atoms with Crippen molar-refractivity contribution in [2.45, 2.75) is 25.9 Å². The predicted octanol–water partition coefficient (Wildman–Crippen LogP) is 3.45. The lowest BCUT2D eigenvalue weighted by Crippen LogP contribution is -2.45. The van der Waals surface area contributed by atoms with Crippen molar-refractivity contribution in [3.8, 4) is 0 Å². The van der Waals surface area contributed by atoms with Gasteiger partial charge in [-0.25, -0.2) is 0 Å². The van der Waals surface area contributed by atoms with Gasteiger partial charge < -0.3 is 10.0 Å². The van der Waals surface area contributed by atoms with E-state index in [9.17, 15) is 14.7 Å². The molecular formula is C16H17NO3S2. The molecule has 22 heavy (non-hydrogen) atoms. The van der Waals surface area contributed by atoms with E-state index in [1.54, 1.807) is 27.6 Å². The Kier molecular flexibility index (Phi) is 4.59. The number of carbonyl (C=O) groups is 2. The van der Waals surface area contributed by atoms with Crippen LogP contribution in [0.5, 0.6) is 0 Å². The smallest absolute Gasteiger partial charge is 0.307 e. The molecule has 1 amide bonds. The molecule has 1 N–H and O–H groups in total. The average molecular weight is 335 g/mol. The Morgan fingerprint density at radius 2 is 1.59 bits per heavy atom. The van der Waals surface area contributed by atoms with Gasteiger partial charge in [0.05, 0.1) is 24.9 Å². The zero-order valence-electron chi connectivity index (χ0n) is 12.0. The van der Waals surface area contributed by atoms with Gasteiger partial charge in [-0.1, -0.05) is 12.1 Å². The number of hydrogen-bond acceptors (Lipinski definition) is 4. The number of carboxylic acids is 1.